The van der Waals surface area contributed by atoms with Crippen molar-refractivity contribution < 1.29 is 4.79 Å². The van der Waals surface area contributed by atoms with Crippen LogP contribution in [0.15, 0.2) is 61.2 Å². The van der Waals surface area contributed by atoms with Crippen molar-refractivity contribution in [3.05, 3.63) is 71.8 Å². The Labute approximate surface area is 142 Å². The number of rotatable bonds is 4. The van der Waals surface area contributed by atoms with Gasteiger partial charge in [0, 0.05) is 11.1 Å². The zero-order valence-corrected chi connectivity index (χ0v) is 13.6. The van der Waals surface area contributed by atoms with Crippen molar-refractivity contribution in [1.82, 2.24) is 10.2 Å². The van der Waals surface area contributed by atoms with Gasteiger partial charge in [-0.3, -0.25) is 10.1 Å². The fraction of sp³-hybridized carbons (Fsp3) is 0. The summed E-state index contributed by atoms with van der Waals surface area (Å²) in [6, 6.07) is 16.6. The first-order valence-corrected chi connectivity index (χ1v) is 7.98. The molecule has 0 saturated heterocycles. The third-order valence-corrected chi connectivity index (χ3v) is 4.35. The van der Waals surface area contributed by atoms with E-state index in [1.807, 2.05) is 48.5 Å². The Bertz CT molecular complexity index is 861. The van der Waals surface area contributed by atoms with Crippen LogP contribution in [-0.2, 0) is 4.79 Å². The molecule has 3 rings (SSSR count). The number of halogens is 1. The lowest BCUT2D eigenvalue weighted by atomic mass is 10.1. The summed E-state index contributed by atoms with van der Waals surface area (Å²) in [5.74, 6) is -0.307. The third-order valence-electron chi connectivity index (χ3n) is 3.15. The van der Waals surface area contributed by atoms with Crippen molar-refractivity contribution in [3.8, 4) is 10.6 Å². The van der Waals surface area contributed by atoms with Gasteiger partial charge in [-0.05, 0) is 11.6 Å². The monoisotopic (exact) mass is 341 g/mol. The largest absolute Gasteiger partial charge is 0.296 e. The molecule has 0 spiro atoms. The number of hydrogen-bond donors (Lipinski definition) is 1. The van der Waals surface area contributed by atoms with E-state index in [0.29, 0.717) is 20.7 Å². The number of hydrogen-bond acceptors (Lipinski definition) is 4. The molecule has 0 bridgehead atoms. The van der Waals surface area contributed by atoms with Crippen LogP contribution in [0.2, 0.25) is 5.02 Å². The molecule has 2 aromatic carbocycles. The van der Waals surface area contributed by atoms with Gasteiger partial charge in [0.2, 0.25) is 5.13 Å². The van der Waals surface area contributed by atoms with Gasteiger partial charge in [0.05, 0.1) is 5.02 Å². The molecule has 0 radical (unpaired) electrons. The minimum atomic E-state index is -0.307. The van der Waals surface area contributed by atoms with Crippen molar-refractivity contribution in [2.24, 2.45) is 0 Å². The van der Waals surface area contributed by atoms with E-state index in [1.165, 1.54) is 11.3 Å². The first-order valence-electron chi connectivity index (χ1n) is 6.79. The normalized spacial score (nSPS) is 10.3. The number of nitrogens with one attached hydrogen (secondary N) is 1. The molecule has 0 atom stereocenters. The number of benzene rings is 2. The molecule has 1 aromatic heterocycles. The molecule has 6 heteroatoms. The molecule has 23 heavy (non-hydrogen) atoms. The quantitative estimate of drug-likeness (QED) is 0.710. The molecular formula is C17H12ClN3OS. The molecule has 1 amide bonds. The molecular weight excluding hydrogens is 330 g/mol. The van der Waals surface area contributed by atoms with Crippen molar-refractivity contribution in [3.63, 3.8) is 0 Å². The van der Waals surface area contributed by atoms with Crippen LogP contribution in [-0.4, -0.2) is 16.1 Å². The first-order chi connectivity index (χ1) is 11.1. The molecule has 114 valence electrons. The Morgan fingerprint density at radius 3 is 2.48 bits per heavy atom. The SMILES string of the molecule is C=C(C(=O)Nc1nnc(-c2ccccc2Cl)s1)c1ccccc1. The summed E-state index contributed by atoms with van der Waals surface area (Å²) in [7, 11) is 0. The molecule has 0 saturated carbocycles. The smallest absolute Gasteiger partial charge is 0.257 e. The van der Waals surface area contributed by atoms with Crippen LogP contribution >= 0.6 is 22.9 Å². The summed E-state index contributed by atoms with van der Waals surface area (Å²) in [5.41, 5.74) is 1.93. The Hall–Kier alpha value is -2.50. The van der Waals surface area contributed by atoms with E-state index in [2.05, 4.69) is 22.1 Å². The molecule has 1 heterocycles. The minimum absolute atomic E-state index is 0.307. The lowest BCUT2D eigenvalue weighted by Gasteiger charge is -2.04. The van der Waals surface area contributed by atoms with Gasteiger partial charge in [0.25, 0.3) is 5.91 Å². The molecule has 0 unspecified atom stereocenters. The standard InChI is InChI=1S/C17H12ClN3OS/c1-11(12-7-3-2-4-8-12)15(22)19-17-21-20-16(23-17)13-9-5-6-10-14(13)18/h2-10H,1H2,(H,19,21,22). The number of anilines is 1. The Morgan fingerprint density at radius 2 is 1.74 bits per heavy atom. The predicted molar refractivity (Wildman–Crippen MR) is 94.5 cm³/mol. The number of nitrogens with zero attached hydrogens (tertiary/aromatic N) is 2. The topological polar surface area (TPSA) is 54.9 Å². The molecule has 0 aliphatic carbocycles. The minimum Gasteiger partial charge on any atom is -0.296 e. The highest BCUT2D eigenvalue weighted by atomic mass is 35.5. The summed E-state index contributed by atoms with van der Waals surface area (Å²) in [5, 5.41) is 12.4. The maximum Gasteiger partial charge on any atom is 0.257 e. The van der Waals surface area contributed by atoms with Gasteiger partial charge in [0.15, 0.2) is 5.01 Å². The fourth-order valence-corrected chi connectivity index (χ4v) is 3.02. The second-order valence-corrected chi connectivity index (χ2v) is 6.08. The number of amides is 1. The molecule has 1 N–H and O–H groups in total. The van der Waals surface area contributed by atoms with Gasteiger partial charge in [-0.15, -0.1) is 10.2 Å². The maximum absolute atomic E-state index is 12.2. The van der Waals surface area contributed by atoms with Crippen molar-refractivity contribution in [2.75, 3.05) is 5.32 Å². The molecule has 0 fully saturated rings. The first kappa shape index (κ1) is 15.4. The molecule has 3 aromatic rings. The van der Waals surface area contributed by atoms with Crippen LogP contribution in [0, 0.1) is 0 Å². The highest BCUT2D eigenvalue weighted by Crippen LogP contribution is 2.31. The average molecular weight is 342 g/mol. The van der Waals surface area contributed by atoms with Gasteiger partial charge < -0.3 is 0 Å². The van der Waals surface area contributed by atoms with E-state index in [-0.39, 0.29) is 5.91 Å². The van der Waals surface area contributed by atoms with Gasteiger partial charge in [-0.2, -0.15) is 0 Å². The van der Waals surface area contributed by atoms with Crippen molar-refractivity contribution in [2.45, 2.75) is 0 Å². The van der Waals surface area contributed by atoms with E-state index >= 15 is 0 Å². The second kappa shape index (κ2) is 6.73. The number of aromatic nitrogens is 2. The molecule has 0 aliphatic rings. The van der Waals surface area contributed by atoms with E-state index in [1.54, 1.807) is 6.07 Å². The van der Waals surface area contributed by atoms with Crippen LogP contribution in [0.25, 0.3) is 16.1 Å². The summed E-state index contributed by atoms with van der Waals surface area (Å²) < 4.78 is 0. The lowest BCUT2D eigenvalue weighted by molar-refractivity contribution is -0.111. The van der Waals surface area contributed by atoms with Crippen molar-refractivity contribution >= 4 is 39.5 Å². The lowest BCUT2D eigenvalue weighted by Crippen LogP contribution is -2.12. The van der Waals surface area contributed by atoms with Crippen LogP contribution in [0.5, 0.6) is 0 Å². The second-order valence-electron chi connectivity index (χ2n) is 4.69. The summed E-state index contributed by atoms with van der Waals surface area (Å²) in [6.07, 6.45) is 0. The van der Waals surface area contributed by atoms with Crippen molar-refractivity contribution in [1.29, 1.82) is 0 Å². The van der Waals surface area contributed by atoms with Crippen LogP contribution in [0.3, 0.4) is 0 Å². The van der Waals surface area contributed by atoms with E-state index in [9.17, 15) is 4.79 Å². The van der Waals surface area contributed by atoms with Gasteiger partial charge in [-0.1, -0.05) is 78.0 Å². The summed E-state index contributed by atoms with van der Waals surface area (Å²) in [6.45, 7) is 3.82. The highest BCUT2D eigenvalue weighted by Gasteiger charge is 2.14. The number of carbonyl (C=O) groups excluding carboxylic acids is 1. The predicted octanol–water partition coefficient (Wildman–Crippen LogP) is 4.51. The van der Waals surface area contributed by atoms with Crippen LogP contribution in [0.1, 0.15) is 5.56 Å². The van der Waals surface area contributed by atoms with Crippen LogP contribution < -0.4 is 5.32 Å². The summed E-state index contributed by atoms with van der Waals surface area (Å²) >= 11 is 7.40. The van der Waals surface area contributed by atoms with Gasteiger partial charge in [-0.25, -0.2) is 0 Å². The zero-order chi connectivity index (χ0) is 16.2. The third kappa shape index (κ3) is 3.47. The van der Waals surface area contributed by atoms with Gasteiger partial charge >= 0.3 is 0 Å². The fourth-order valence-electron chi connectivity index (χ4n) is 1.96. The van der Waals surface area contributed by atoms with Crippen LogP contribution in [0.4, 0.5) is 5.13 Å². The zero-order valence-electron chi connectivity index (χ0n) is 12.0. The van der Waals surface area contributed by atoms with E-state index < -0.39 is 0 Å². The van der Waals surface area contributed by atoms with Gasteiger partial charge in [0.1, 0.15) is 0 Å². The summed E-state index contributed by atoms with van der Waals surface area (Å²) in [4.78, 5) is 12.2. The number of carbonyl (C=O) groups is 1. The Balaban J connectivity index is 1.76. The Morgan fingerprint density at radius 1 is 1.04 bits per heavy atom. The van der Waals surface area contributed by atoms with E-state index in [0.717, 1.165) is 11.1 Å². The highest BCUT2D eigenvalue weighted by molar-refractivity contribution is 7.18. The maximum atomic E-state index is 12.2. The Kier molecular flexibility index (Phi) is 4.50. The molecule has 4 nitrogen and oxygen atoms in total. The average Bonchev–Trinajstić information content (AvgIpc) is 3.03. The van der Waals surface area contributed by atoms with E-state index in [4.69, 9.17) is 11.6 Å². The molecule has 0 aliphatic heterocycles.